The third-order valence-corrected chi connectivity index (χ3v) is 12.1. The Morgan fingerprint density at radius 3 is 2.60 bits per heavy atom. The largest absolute Gasteiger partial charge is 0.490 e. The predicted molar refractivity (Wildman–Crippen MR) is 198 cm³/mol. The van der Waals surface area contributed by atoms with E-state index in [1.807, 2.05) is 56.3 Å². The van der Waals surface area contributed by atoms with Gasteiger partial charge in [-0.1, -0.05) is 49.4 Å². The van der Waals surface area contributed by atoms with Gasteiger partial charge in [-0.2, -0.15) is 4.31 Å². The highest BCUT2D eigenvalue weighted by molar-refractivity contribution is 7.91. The molecule has 0 bridgehead atoms. The lowest BCUT2D eigenvalue weighted by molar-refractivity contribution is -0.00832. The number of benzene rings is 3. The number of thiophene rings is 1. The molecule has 0 saturated heterocycles. The Kier molecular flexibility index (Phi) is 12.5. The van der Waals surface area contributed by atoms with Crippen LogP contribution in [0.25, 0.3) is 10.8 Å². The van der Waals surface area contributed by atoms with Crippen molar-refractivity contribution in [2.75, 3.05) is 44.0 Å². The highest BCUT2D eigenvalue weighted by Gasteiger charge is 2.32. The lowest BCUT2D eigenvalue weighted by atomic mass is 10.0. The van der Waals surface area contributed by atoms with Crippen LogP contribution in [0.15, 0.2) is 82.4 Å². The van der Waals surface area contributed by atoms with Gasteiger partial charge in [0.2, 0.25) is 0 Å². The average molecular weight is 723 g/mol. The Morgan fingerprint density at radius 1 is 1.06 bits per heavy atom. The Balaban J connectivity index is 1.42. The van der Waals surface area contributed by atoms with E-state index in [-0.39, 0.29) is 41.5 Å². The number of carbonyl (C=O) groups is 2. The van der Waals surface area contributed by atoms with Gasteiger partial charge in [0.1, 0.15) is 9.96 Å². The van der Waals surface area contributed by atoms with E-state index >= 15 is 0 Å². The highest BCUT2D eigenvalue weighted by atomic mass is 32.2. The number of rotatable bonds is 8. The lowest BCUT2D eigenvalue weighted by Gasteiger charge is -2.35. The van der Waals surface area contributed by atoms with E-state index in [1.54, 1.807) is 47.5 Å². The first-order valence-corrected chi connectivity index (χ1v) is 19.2. The average Bonchev–Trinajstić information content (AvgIpc) is 3.66. The summed E-state index contributed by atoms with van der Waals surface area (Å²) in [6.07, 6.45) is 1.50. The van der Waals surface area contributed by atoms with Gasteiger partial charge in [-0.05, 0) is 74.2 Å². The van der Waals surface area contributed by atoms with Crippen molar-refractivity contribution in [3.05, 3.63) is 83.7 Å². The fraction of sp³-hybridized carbons (Fsp3) is 0.405. The number of likely N-dealkylation sites (N-methyl/N-ethyl adjacent to an activating group) is 1. The fourth-order valence-electron chi connectivity index (χ4n) is 6.00. The molecule has 1 aliphatic rings. The van der Waals surface area contributed by atoms with Gasteiger partial charge >= 0.3 is 6.03 Å². The molecule has 268 valence electrons. The molecule has 0 aliphatic carbocycles. The maximum absolute atomic E-state index is 14.4. The molecule has 13 heteroatoms. The summed E-state index contributed by atoms with van der Waals surface area (Å²) in [5.41, 5.74) is 1.27. The number of urea groups is 1. The minimum absolute atomic E-state index is 0.0902. The lowest BCUT2D eigenvalue weighted by Crippen LogP contribution is -2.48. The topological polar surface area (TPSA) is 138 Å². The van der Waals surface area contributed by atoms with E-state index in [1.165, 1.54) is 11.4 Å². The third-order valence-electron chi connectivity index (χ3n) is 8.94. The minimum atomic E-state index is -3.72. The quantitative estimate of drug-likeness (QED) is 0.185. The first-order valence-electron chi connectivity index (χ1n) is 16.9. The van der Waals surface area contributed by atoms with Crippen molar-refractivity contribution in [2.45, 2.75) is 62.5 Å². The number of nitrogens with zero attached hydrogens (tertiary/aromatic N) is 2. The molecule has 0 fully saturated rings. The van der Waals surface area contributed by atoms with Gasteiger partial charge in [0.25, 0.3) is 15.9 Å². The number of hydrogen-bond donors (Lipinski definition) is 3. The molecule has 2 heterocycles. The van der Waals surface area contributed by atoms with Crippen LogP contribution in [0.2, 0.25) is 0 Å². The number of nitrogens with one attached hydrogen (secondary N) is 2. The van der Waals surface area contributed by atoms with Crippen molar-refractivity contribution < 1.29 is 32.6 Å². The van der Waals surface area contributed by atoms with Crippen molar-refractivity contribution in [3.8, 4) is 5.75 Å². The molecule has 0 saturated carbocycles. The number of aliphatic hydroxyl groups is 1. The highest BCUT2D eigenvalue weighted by Crippen LogP contribution is 2.30. The maximum Gasteiger partial charge on any atom is 0.323 e. The summed E-state index contributed by atoms with van der Waals surface area (Å²) in [7, 11) is -2.19. The van der Waals surface area contributed by atoms with Crippen LogP contribution >= 0.6 is 11.3 Å². The van der Waals surface area contributed by atoms with Crippen molar-refractivity contribution in [2.24, 2.45) is 5.92 Å². The molecule has 50 heavy (non-hydrogen) atoms. The van der Waals surface area contributed by atoms with Crippen molar-refractivity contribution in [1.82, 2.24) is 9.21 Å². The summed E-state index contributed by atoms with van der Waals surface area (Å²) in [4.78, 5) is 29.2. The Labute approximate surface area is 298 Å². The van der Waals surface area contributed by atoms with Gasteiger partial charge in [0.15, 0.2) is 0 Å². The zero-order valence-electron chi connectivity index (χ0n) is 28.9. The Morgan fingerprint density at radius 2 is 1.84 bits per heavy atom. The molecular weight excluding hydrogens is 677 g/mol. The molecule has 0 unspecified atom stereocenters. The predicted octanol–water partition coefficient (Wildman–Crippen LogP) is 6.66. The number of anilines is 2. The molecule has 3 amide bonds. The van der Waals surface area contributed by atoms with Gasteiger partial charge in [0.05, 0.1) is 36.1 Å². The van der Waals surface area contributed by atoms with Crippen LogP contribution in [0.3, 0.4) is 0 Å². The maximum atomic E-state index is 14.4. The third kappa shape index (κ3) is 9.01. The number of carbonyl (C=O) groups excluding carboxylic acids is 2. The zero-order valence-corrected chi connectivity index (χ0v) is 30.5. The zero-order chi connectivity index (χ0) is 35.8. The number of sulfonamides is 1. The summed E-state index contributed by atoms with van der Waals surface area (Å²) in [5, 5.41) is 19.6. The number of fused-ring (bicyclic) bond motifs is 2. The second-order valence-corrected chi connectivity index (χ2v) is 16.1. The van der Waals surface area contributed by atoms with Crippen LogP contribution in [-0.2, 0) is 14.8 Å². The second-order valence-electron chi connectivity index (χ2n) is 12.8. The van der Waals surface area contributed by atoms with Crippen molar-refractivity contribution in [1.29, 1.82) is 0 Å². The van der Waals surface area contributed by atoms with Crippen LogP contribution in [-0.4, -0.2) is 86.3 Å². The van der Waals surface area contributed by atoms with Gasteiger partial charge < -0.3 is 30.1 Å². The van der Waals surface area contributed by atoms with Crippen LogP contribution in [0, 0.1) is 5.92 Å². The second kappa shape index (κ2) is 16.8. The van der Waals surface area contributed by atoms with E-state index in [4.69, 9.17) is 9.47 Å². The number of ether oxygens (including phenoxy) is 2. The summed E-state index contributed by atoms with van der Waals surface area (Å²) >= 11 is 1.16. The smallest absolute Gasteiger partial charge is 0.323 e. The van der Waals surface area contributed by atoms with E-state index < -0.39 is 34.1 Å². The standard InChI is InChI=1S/C37H46N4O7S2/c1-25-22-41(26(2)24-42)36(43)31-21-29(38-37(44)39-32-15-9-13-28-12-5-6-14-30(28)32)17-18-33(31)48-27(3)11-7-8-19-47-34(25)23-40(4)50(45,46)35-16-10-20-49-35/h5-6,9-10,12-18,20-21,25-27,34,42H,7-8,11,19,22-24H2,1-4H3,(H2,38,39,44)/t25-,26+,27+,34+/m1/s1. The summed E-state index contributed by atoms with van der Waals surface area (Å²) < 4.78 is 40.7. The SMILES string of the molecule is C[C@@H]1CN([C@@H](C)CO)C(=O)c2cc(NC(=O)Nc3cccc4ccccc34)ccc2O[C@@H](C)CCCCO[C@H]1CN(C)S(=O)(=O)c1cccs1. The molecule has 1 aliphatic heterocycles. The van der Waals surface area contributed by atoms with E-state index in [0.29, 0.717) is 30.2 Å². The van der Waals surface area contributed by atoms with E-state index in [0.717, 1.165) is 35.0 Å². The number of hydrogen-bond acceptors (Lipinski definition) is 8. The first-order chi connectivity index (χ1) is 24.0. The molecule has 1 aromatic heterocycles. The fourth-order valence-corrected chi connectivity index (χ4v) is 8.38. The van der Waals surface area contributed by atoms with Crippen LogP contribution in [0.1, 0.15) is 50.4 Å². The van der Waals surface area contributed by atoms with Crippen molar-refractivity contribution in [3.63, 3.8) is 0 Å². The van der Waals surface area contributed by atoms with Gasteiger partial charge in [0, 0.05) is 43.7 Å². The minimum Gasteiger partial charge on any atom is -0.490 e. The van der Waals surface area contributed by atoms with E-state index in [9.17, 15) is 23.1 Å². The van der Waals surface area contributed by atoms with Crippen LogP contribution < -0.4 is 15.4 Å². The molecule has 3 aromatic carbocycles. The molecule has 3 N–H and O–H groups in total. The van der Waals surface area contributed by atoms with Gasteiger partial charge in [-0.15, -0.1) is 11.3 Å². The Hall–Kier alpha value is -4.01. The molecule has 5 rings (SSSR count). The summed E-state index contributed by atoms with van der Waals surface area (Å²) in [6.45, 7) is 5.99. The summed E-state index contributed by atoms with van der Waals surface area (Å²) in [6, 6.07) is 20.6. The number of amides is 3. The molecule has 4 aromatic rings. The summed E-state index contributed by atoms with van der Waals surface area (Å²) in [5.74, 6) is -0.334. The molecule has 4 atom stereocenters. The molecular formula is C37H46N4O7S2. The Bertz CT molecular complexity index is 1860. The van der Waals surface area contributed by atoms with Gasteiger partial charge in [-0.25, -0.2) is 13.2 Å². The van der Waals surface area contributed by atoms with E-state index in [2.05, 4.69) is 10.6 Å². The normalized spacial score (nSPS) is 20.1. The first kappa shape index (κ1) is 37.3. The molecule has 0 spiro atoms. The monoisotopic (exact) mass is 722 g/mol. The van der Waals surface area contributed by atoms with Crippen molar-refractivity contribution >= 4 is 55.4 Å². The molecule has 0 radical (unpaired) electrons. The number of aliphatic hydroxyl groups excluding tert-OH is 1. The van der Waals surface area contributed by atoms with Crippen LogP contribution in [0.4, 0.5) is 16.2 Å². The van der Waals surface area contributed by atoms with Gasteiger partial charge in [-0.3, -0.25) is 4.79 Å². The molecule has 11 nitrogen and oxygen atoms in total. The van der Waals surface area contributed by atoms with Crippen LogP contribution in [0.5, 0.6) is 5.75 Å².